The summed E-state index contributed by atoms with van der Waals surface area (Å²) < 4.78 is 10.7. The molecule has 1 rings (SSSR count). The molecule has 1 heterocycles. The molecular weight excluding hydrogens is 256 g/mol. The molecule has 0 fully saturated rings. The van der Waals surface area contributed by atoms with Crippen molar-refractivity contribution in [3.05, 3.63) is 14.7 Å². The summed E-state index contributed by atoms with van der Waals surface area (Å²) in [6.45, 7) is 2.14. The summed E-state index contributed by atoms with van der Waals surface area (Å²) in [6.07, 6.45) is 0. The van der Waals surface area contributed by atoms with E-state index in [0.29, 0.717) is 17.2 Å². The lowest BCUT2D eigenvalue weighted by Crippen LogP contribution is -2.03. The number of methoxy groups -OCH3 is 1. The summed E-state index contributed by atoms with van der Waals surface area (Å²) in [5.41, 5.74) is 0. The van der Waals surface area contributed by atoms with Crippen LogP contribution in [-0.2, 0) is 4.74 Å². The van der Waals surface area contributed by atoms with Crippen LogP contribution in [0.25, 0.3) is 0 Å². The molecule has 0 aliphatic carbocycles. The topological polar surface area (TPSA) is 35.5 Å². The number of esters is 1. The van der Waals surface area contributed by atoms with Crippen molar-refractivity contribution < 1.29 is 14.3 Å². The van der Waals surface area contributed by atoms with Gasteiger partial charge in [-0.15, -0.1) is 11.3 Å². The van der Waals surface area contributed by atoms with Crippen LogP contribution in [0, 0.1) is 0 Å². The highest BCUT2D eigenvalue weighted by Gasteiger charge is 2.18. The fourth-order valence-corrected chi connectivity index (χ4v) is 2.41. The van der Waals surface area contributed by atoms with Crippen LogP contribution in [0.1, 0.15) is 16.6 Å². The molecule has 0 amide bonds. The molecule has 0 atom stereocenters. The van der Waals surface area contributed by atoms with Crippen LogP contribution in [0.3, 0.4) is 0 Å². The molecule has 0 spiro atoms. The quantitative estimate of drug-likeness (QED) is 0.788. The van der Waals surface area contributed by atoms with Gasteiger partial charge >= 0.3 is 5.97 Å². The smallest absolute Gasteiger partial charge is 0.352 e. The van der Waals surface area contributed by atoms with Gasteiger partial charge < -0.3 is 9.47 Å². The molecule has 3 nitrogen and oxygen atoms in total. The molecule has 0 aliphatic heterocycles. The van der Waals surface area contributed by atoms with Gasteiger partial charge in [0.15, 0.2) is 10.6 Å². The predicted molar refractivity (Wildman–Crippen MR) is 54.5 cm³/mol. The van der Waals surface area contributed by atoms with Crippen molar-refractivity contribution in [3.63, 3.8) is 0 Å². The molecule has 0 aromatic carbocycles. The number of hydrogen-bond acceptors (Lipinski definition) is 4. The van der Waals surface area contributed by atoms with Gasteiger partial charge in [-0.2, -0.15) is 0 Å². The first-order valence-corrected chi connectivity index (χ1v) is 5.36. The van der Waals surface area contributed by atoms with Crippen LogP contribution >= 0.6 is 27.3 Å². The van der Waals surface area contributed by atoms with Crippen molar-refractivity contribution in [2.24, 2.45) is 0 Å². The molecule has 0 aliphatic rings. The summed E-state index contributed by atoms with van der Waals surface area (Å²) in [5.74, 6) is 0.207. The molecule has 5 heteroatoms. The van der Waals surface area contributed by atoms with Crippen molar-refractivity contribution in [2.75, 3.05) is 13.7 Å². The molecule has 0 bridgehead atoms. The SMILES string of the molecule is CCOC(=O)c1scc(Br)c1OC. The molecule has 0 unspecified atom stereocenters. The lowest BCUT2D eigenvalue weighted by molar-refractivity contribution is 0.0529. The average molecular weight is 265 g/mol. The van der Waals surface area contributed by atoms with E-state index in [-0.39, 0.29) is 5.97 Å². The predicted octanol–water partition coefficient (Wildman–Crippen LogP) is 2.70. The maximum atomic E-state index is 11.3. The van der Waals surface area contributed by atoms with E-state index in [9.17, 15) is 4.79 Å². The van der Waals surface area contributed by atoms with E-state index in [1.54, 1.807) is 12.3 Å². The first-order chi connectivity index (χ1) is 6.20. The van der Waals surface area contributed by atoms with Crippen molar-refractivity contribution >= 4 is 33.2 Å². The molecule has 0 N–H and O–H groups in total. The number of thiophene rings is 1. The minimum absolute atomic E-state index is 0.338. The summed E-state index contributed by atoms with van der Waals surface area (Å²) >= 11 is 4.58. The van der Waals surface area contributed by atoms with Gasteiger partial charge in [-0.25, -0.2) is 4.79 Å². The average Bonchev–Trinajstić information content (AvgIpc) is 2.47. The summed E-state index contributed by atoms with van der Waals surface area (Å²) in [5, 5.41) is 1.80. The van der Waals surface area contributed by atoms with E-state index in [0.717, 1.165) is 4.47 Å². The second-order valence-corrected chi connectivity index (χ2v) is 3.90. The zero-order chi connectivity index (χ0) is 9.84. The standard InChI is InChI=1S/C8H9BrO3S/c1-3-12-8(10)7-6(11-2)5(9)4-13-7/h4H,3H2,1-2H3. The van der Waals surface area contributed by atoms with E-state index in [1.165, 1.54) is 18.4 Å². The third-order valence-corrected chi connectivity index (χ3v) is 3.20. The lowest BCUT2D eigenvalue weighted by atomic mass is 10.4. The van der Waals surface area contributed by atoms with Crippen LogP contribution in [0.15, 0.2) is 9.85 Å². The highest BCUT2D eigenvalue weighted by molar-refractivity contribution is 9.10. The van der Waals surface area contributed by atoms with Gasteiger partial charge in [-0.05, 0) is 22.9 Å². The van der Waals surface area contributed by atoms with Crippen LogP contribution in [-0.4, -0.2) is 19.7 Å². The van der Waals surface area contributed by atoms with Crippen LogP contribution in [0.2, 0.25) is 0 Å². The highest BCUT2D eigenvalue weighted by Crippen LogP contribution is 2.35. The van der Waals surface area contributed by atoms with Crippen LogP contribution in [0.4, 0.5) is 0 Å². The molecule has 72 valence electrons. The highest BCUT2D eigenvalue weighted by atomic mass is 79.9. The Bertz CT molecular complexity index is 308. The molecule has 0 radical (unpaired) electrons. The van der Waals surface area contributed by atoms with Crippen molar-refractivity contribution in [1.82, 2.24) is 0 Å². The first-order valence-electron chi connectivity index (χ1n) is 3.68. The molecule has 1 aromatic heterocycles. The lowest BCUT2D eigenvalue weighted by Gasteiger charge is -2.02. The number of ether oxygens (including phenoxy) is 2. The zero-order valence-corrected chi connectivity index (χ0v) is 9.70. The Morgan fingerprint density at radius 3 is 2.92 bits per heavy atom. The molecule has 1 aromatic rings. The Hall–Kier alpha value is -0.550. The third-order valence-electron chi connectivity index (χ3n) is 1.37. The van der Waals surface area contributed by atoms with Crippen molar-refractivity contribution in [3.8, 4) is 5.75 Å². The minimum atomic E-state index is -0.338. The number of rotatable bonds is 3. The molecule has 0 saturated heterocycles. The van der Waals surface area contributed by atoms with E-state index >= 15 is 0 Å². The van der Waals surface area contributed by atoms with Gasteiger partial charge in [0.25, 0.3) is 0 Å². The van der Waals surface area contributed by atoms with Crippen molar-refractivity contribution in [2.45, 2.75) is 6.92 Å². The Morgan fingerprint density at radius 2 is 2.38 bits per heavy atom. The third kappa shape index (κ3) is 2.22. The van der Waals surface area contributed by atoms with E-state index < -0.39 is 0 Å². The number of hydrogen-bond donors (Lipinski definition) is 0. The van der Waals surface area contributed by atoms with Gasteiger partial charge in [0.1, 0.15) is 0 Å². The normalized spacial score (nSPS) is 9.77. The fourth-order valence-electron chi connectivity index (χ4n) is 0.854. The van der Waals surface area contributed by atoms with E-state index in [2.05, 4.69) is 15.9 Å². The fraction of sp³-hybridized carbons (Fsp3) is 0.375. The Kier molecular flexibility index (Phi) is 3.74. The van der Waals surface area contributed by atoms with Gasteiger partial charge in [0.2, 0.25) is 0 Å². The Balaban J connectivity index is 2.93. The van der Waals surface area contributed by atoms with E-state index in [1.807, 2.05) is 0 Å². The number of carbonyl (C=O) groups is 1. The molecule has 0 saturated carbocycles. The van der Waals surface area contributed by atoms with Gasteiger partial charge in [0, 0.05) is 5.38 Å². The monoisotopic (exact) mass is 264 g/mol. The number of carbonyl (C=O) groups excluding carboxylic acids is 1. The van der Waals surface area contributed by atoms with Crippen LogP contribution < -0.4 is 4.74 Å². The minimum Gasteiger partial charge on any atom is -0.494 e. The van der Waals surface area contributed by atoms with Gasteiger partial charge in [-0.3, -0.25) is 0 Å². The largest absolute Gasteiger partial charge is 0.494 e. The number of halogens is 1. The van der Waals surface area contributed by atoms with Crippen LogP contribution in [0.5, 0.6) is 5.75 Å². The van der Waals surface area contributed by atoms with E-state index in [4.69, 9.17) is 9.47 Å². The van der Waals surface area contributed by atoms with Gasteiger partial charge in [-0.1, -0.05) is 0 Å². The van der Waals surface area contributed by atoms with Crippen molar-refractivity contribution in [1.29, 1.82) is 0 Å². The Labute approximate surface area is 88.8 Å². The molecular formula is C8H9BrO3S. The second kappa shape index (κ2) is 4.62. The maximum Gasteiger partial charge on any atom is 0.352 e. The first kappa shape index (κ1) is 10.5. The summed E-state index contributed by atoms with van der Waals surface area (Å²) in [4.78, 5) is 11.8. The van der Waals surface area contributed by atoms with Gasteiger partial charge in [0.05, 0.1) is 18.2 Å². The summed E-state index contributed by atoms with van der Waals surface area (Å²) in [7, 11) is 1.52. The maximum absolute atomic E-state index is 11.3. The molecule has 13 heavy (non-hydrogen) atoms. The summed E-state index contributed by atoms with van der Waals surface area (Å²) in [6, 6.07) is 0. The zero-order valence-electron chi connectivity index (χ0n) is 7.30. The second-order valence-electron chi connectivity index (χ2n) is 2.17. The Morgan fingerprint density at radius 1 is 1.69 bits per heavy atom.